The second-order valence-electron chi connectivity index (χ2n) is 15.5. The Morgan fingerprint density at radius 1 is 0.939 bits per heavy atom. The molecule has 1 saturated carbocycles. The Labute approximate surface area is 290 Å². The summed E-state index contributed by atoms with van der Waals surface area (Å²) in [5.74, 6) is -0.416. The number of methoxy groups -OCH3 is 1. The van der Waals surface area contributed by atoms with Crippen molar-refractivity contribution in [2.24, 2.45) is 16.7 Å². The van der Waals surface area contributed by atoms with Crippen molar-refractivity contribution in [3.05, 3.63) is 101 Å². The average molecular weight is 670 g/mol. The molecule has 3 aromatic carbocycles. The Hall–Kier alpha value is -3.76. The van der Waals surface area contributed by atoms with E-state index in [2.05, 4.69) is 43.2 Å². The lowest BCUT2D eigenvalue weighted by atomic mass is 9.65. The molecule has 0 spiro atoms. The summed E-state index contributed by atoms with van der Waals surface area (Å²) in [6, 6.07) is 24.2. The van der Waals surface area contributed by atoms with E-state index in [1.54, 1.807) is 0 Å². The van der Waals surface area contributed by atoms with E-state index in [4.69, 9.17) is 14.2 Å². The van der Waals surface area contributed by atoms with Gasteiger partial charge in [-0.3, -0.25) is 4.90 Å². The Morgan fingerprint density at radius 3 is 2.31 bits per heavy atom. The highest BCUT2D eigenvalue weighted by Crippen LogP contribution is 2.53. The molecule has 7 atom stereocenters. The van der Waals surface area contributed by atoms with Crippen molar-refractivity contribution in [1.82, 2.24) is 10.2 Å². The molecular weight excluding hydrogens is 618 g/mol. The maximum absolute atomic E-state index is 13.0. The smallest absolute Gasteiger partial charge is 0.328 e. The zero-order valence-corrected chi connectivity index (χ0v) is 29.4. The number of nitrogens with zero attached hydrogens (tertiary/aromatic N) is 1. The fourth-order valence-corrected chi connectivity index (χ4v) is 8.58. The van der Waals surface area contributed by atoms with Crippen LogP contribution >= 0.6 is 0 Å². The number of urea groups is 1. The van der Waals surface area contributed by atoms with Crippen LogP contribution in [0, 0.1) is 16.7 Å². The minimum atomic E-state index is -0.832. The van der Waals surface area contributed by atoms with Gasteiger partial charge in [-0.1, -0.05) is 94.4 Å². The van der Waals surface area contributed by atoms with E-state index < -0.39 is 24.3 Å². The van der Waals surface area contributed by atoms with Crippen LogP contribution in [-0.4, -0.2) is 60.4 Å². The van der Waals surface area contributed by atoms with Crippen molar-refractivity contribution in [2.45, 2.75) is 90.6 Å². The number of aliphatic hydroxyl groups is 1. The fraction of sp³-hybridized carbons (Fsp3) is 0.500. The molecular formula is C40H51N3O6. The predicted octanol–water partition coefficient (Wildman–Crippen LogP) is 6.78. The van der Waals surface area contributed by atoms with Gasteiger partial charge in [-0.05, 0) is 58.9 Å². The Balaban J connectivity index is 1.16. The minimum absolute atomic E-state index is 0.00401. The molecule has 7 unspecified atom stereocenters. The summed E-state index contributed by atoms with van der Waals surface area (Å²) >= 11 is 0. The molecule has 9 nitrogen and oxygen atoms in total. The van der Waals surface area contributed by atoms with Gasteiger partial charge in [0.05, 0.1) is 25.9 Å². The monoisotopic (exact) mass is 669 g/mol. The number of fused-ring (bicyclic) bond motifs is 2. The Morgan fingerprint density at radius 2 is 1.63 bits per heavy atom. The number of carbonyl (C=O) groups excluding carboxylic acids is 2. The number of anilines is 1. The first-order chi connectivity index (χ1) is 23.4. The molecule has 262 valence electrons. The zero-order chi connectivity index (χ0) is 34.8. The molecule has 2 aliphatic heterocycles. The number of hydrogen-bond acceptors (Lipinski definition) is 7. The van der Waals surface area contributed by atoms with Crippen molar-refractivity contribution in [3.63, 3.8) is 0 Å². The first-order valence-electron chi connectivity index (χ1n) is 17.5. The second-order valence-corrected chi connectivity index (χ2v) is 15.5. The average Bonchev–Trinajstić information content (AvgIpc) is 3.32. The molecule has 3 N–H and O–H groups in total. The number of likely N-dealkylation sites (tertiary alicyclic amines) is 1. The zero-order valence-electron chi connectivity index (χ0n) is 29.4. The lowest BCUT2D eigenvalue weighted by Gasteiger charge is -2.43. The third-order valence-corrected chi connectivity index (χ3v) is 10.6. The number of amides is 2. The molecule has 2 amide bonds. The highest BCUT2D eigenvalue weighted by molar-refractivity contribution is 5.92. The summed E-state index contributed by atoms with van der Waals surface area (Å²) in [6.07, 6.45) is 3.13. The molecule has 6 rings (SSSR count). The third-order valence-electron chi connectivity index (χ3n) is 10.6. The molecule has 0 radical (unpaired) electrons. The summed E-state index contributed by atoms with van der Waals surface area (Å²) < 4.78 is 18.4. The van der Waals surface area contributed by atoms with Gasteiger partial charge in [-0.25, -0.2) is 9.59 Å². The maximum Gasteiger partial charge on any atom is 0.328 e. The number of carbonyl (C=O) groups is 2. The van der Waals surface area contributed by atoms with Crippen LogP contribution in [0.4, 0.5) is 10.5 Å². The molecule has 9 heteroatoms. The van der Waals surface area contributed by atoms with Crippen LogP contribution in [0.3, 0.4) is 0 Å². The molecule has 2 bridgehead atoms. The number of aliphatic hydroxyl groups excluding tert-OH is 1. The van der Waals surface area contributed by atoms with Crippen molar-refractivity contribution >= 4 is 17.7 Å². The summed E-state index contributed by atoms with van der Waals surface area (Å²) in [5, 5.41) is 15.2. The first-order valence-corrected chi connectivity index (χ1v) is 17.5. The Bertz CT molecular complexity index is 1580. The quantitative estimate of drug-likeness (QED) is 0.204. The summed E-state index contributed by atoms with van der Waals surface area (Å²) in [6.45, 7) is 11.4. The van der Waals surface area contributed by atoms with Gasteiger partial charge in [0.25, 0.3) is 0 Å². The van der Waals surface area contributed by atoms with E-state index in [0.29, 0.717) is 29.0 Å². The van der Waals surface area contributed by atoms with Crippen molar-refractivity contribution in [3.8, 4) is 0 Å². The summed E-state index contributed by atoms with van der Waals surface area (Å²) in [5.41, 5.74) is 4.92. The lowest BCUT2D eigenvalue weighted by Crippen LogP contribution is -2.46. The van der Waals surface area contributed by atoms with Gasteiger partial charge < -0.3 is 30.0 Å². The number of nitrogens with one attached hydrogen (secondary N) is 2. The molecule has 2 heterocycles. The predicted molar refractivity (Wildman–Crippen MR) is 189 cm³/mol. The van der Waals surface area contributed by atoms with E-state index in [9.17, 15) is 14.7 Å². The number of esters is 1. The van der Waals surface area contributed by atoms with E-state index >= 15 is 0 Å². The molecule has 3 aliphatic rings. The lowest BCUT2D eigenvalue weighted by molar-refractivity contribution is -0.276. The van der Waals surface area contributed by atoms with Gasteiger partial charge in [0.15, 0.2) is 6.29 Å². The van der Waals surface area contributed by atoms with Crippen molar-refractivity contribution < 1.29 is 28.9 Å². The highest BCUT2D eigenvalue weighted by atomic mass is 16.7. The number of benzene rings is 3. The topological polar surface area (TPSA) is 109 Å². The van der Waals surface area contributed by atoms with Crippen LogP contribution in [0.1, 0.15) is 81.6 Å². The van der Waals surface area contributed by atoms with Gasteiger partial charge in [0, 0.05) is 42.7 Å². The standard InChI is InChI=1S/C40H51N3O6/c1-26-34(22-43-25-40(4)21-32(43)20-39(2,3)24-40)48-37(49-35(26)29-13-11-28(23-44)12-14-29)30-15-17-31(18-16-30)41-38(46)42-33(36(45)47-5)19-27-9-7-6-8-10-27/h6-18,26,32-35,37,44H,19-25H2,1-5H3,(H2,41,42,46). The van der Waals surface area contributed by atoms with Crippen LogP contribution < -0.4 is 10.6 Å². The van der Waals surface area contributed by atoms with Gasteiger partial charge in [-0.2, -0.15) is 0 Å². The third kappa shape index (κ3) is 8.35. The van der Waals surface area contributed by atoms with Gasteiger partial charge in [0.1, 0.15) is 6.04 Å². The van der Waals surface area contributed by atoms with E-state index in [-0.39, 0.29) is 24.7 Å². The van der Waals surface area contributed by atoms with Crippen LogP contribution in [-0.2, 0) is 32.0 Å². The number of hydrogen-bond donors (Lipinski definition) is 3. The molecule has 0 aromatic heterocycles. The summed E-state index contributed by atoms with van der Waals surface area (Å²) in [4.78, 5) is 28.0. The van der Waals surface area contributed by atoms with Crippen LogP contribution in [0.25, 0.3) is 0 Å². The highest BCUT2D eigenvalue weighted by Gasteiger charge is 2.51. The first kappa shape index (κ1) is 35.1. The van der Waals surface area contributed by atoms with Gasteiger partial charge >= 0.3 is 12.0 Å². The van der Waals surface area contributed by atoms with Gasteiger partial charge in [-0.15, -0.1) is 0 Å². The summed E-state index contributed by atoms with van der Waals surface area (Å²) in [7, 11) is 1.31. The molecule has 1 aliphatic carbocycles. The second kappa shape index (κ2) is 14.6. The molecule has 3 fully saturated rings. The number of rotatable bonds is 10. The van der Waals surface area contributed by atoms with Crippen molar-refractivity contribution in [1.29, 1.82) is 0 Å². The van der Waals surface area contributed by atoms with Crippen LogP contribution in [0.2, 0.25) is 0 Å². The van der Waals surface area contributed by atoms with E-state index in [0.717, 1.165) is 35.3 Å². The fourth-order valence-electron chi connectivity index (χ4n) is 8.58. The van der Waals surface area contributed by atoms with Gasteiger partial charge in [0.2, 0.25) is 0 Å². The largest absolute Gasteiger partial charge is 0.467 e. The minimum Gasteiger partial charge on any atom is -0.467 e. The van der Waals surface area contributed by atoms with Crippen LogP contribution in [0.5, 0.6) is 0 Å². The number of ether oxygens (including phenoxy) is 3. The normalized spacial score (nSPS) is 28.4. The maximum atomic E-state index is 13.0. The van der Waals surface area contributed by atoms with E-state index in [1.165, 1.54) is 26.4 Å². The SMILES string of the molecule is COC(=O)C(Cc1ccccc1)NC(=O)Nc1ccc(C2OC(CN3CC4(C)CC3CC(C)(C)C4)C(C)C(c3ccc(CO)cc3)O2)cc1. The van der Waals surface area contributed by atoms with Crippen LogP contribution in [0.15, 0.2) is 78.9 Å². The molecule has 49 heavy (non-hydrogen) atoms. The molecule has 2 saturated heterocycles. The Kier molecular flexibility index (Phi) is 10.5. The van der Waals surface area contributed by atoms with E-state index in [1.807, 2.05) is 78.9 Å². The molecule has 3 aromatic rings. The van der Waals surface area contributed by atoms with Crippen molar-refractivity contribution in [2.75, 3.05) is 25.5 Å².